The van der Waals surface area contributed by atoms with E-state index in [4.69, 9.17) is 4.42 Å². The van der Waals surface area contributed by atoms with E-state index < -0.39 is 23.4 Å². The summed E-state index contributed by atoms with van der Waals surface area (Å²) in [6.07, 6.45) is -1.25. The van der Waals surface area contributed by atoms with Gasteiger partial charge in [-0.3, -0.25) is 9.59 Å². The Morgan fingerprint density at radius 3 is 2.31 bits per heavy atom. The number of amides is 1. The van der Waals surface area contributed by atoms with Crippen LogP contribution in [-0.2, 0) is 23.8 Å². The number of pyridine rings is 1. The van der Waals surface area contributed by atoms with Crippen molar-refractivity contribution in [2.45, 2.75) is 43.8 Å². The van der Waals surface area contributed by atoms with Gasteiger partial charge in [-0.25, -0.2) is 4.98 Å². The molecule has 5 heterocycles. The normalized spacial score (nSPS) is 18.9. The number of benzene rings is 2. The number of nitrogens with one attached hydrogen (secondary N) is 1. The van der Waals surface area contributed by atoms with Crippen molar-refractivity contribution in [3.63, 3.8) is 0 Å². The summed E-state index contributed by atoms with van der Waals surface area (Å²) in [6, 6.07) is 21.0. The van der Waals surface area contributed by atoms with Gasteiger partial charge in [-0.1, -0.05) is 60.7 Å². The van der Waals surface area contributed by atoms with Gasteiger partial charge in [-0.15, -0.1) is 0 Å². The summed E-state index contributed by atoms with van der Waals surface area (Å²) in [4.78, 5) is 40.4. The van der Waals surface area contributed by atoms with Crippen LogP contribution in [0.15, 0.2) is 77.3 Å². The smallest absolute Gasteiger partial charge is 0.420 e. The Labute approximate surface area is 276 Å². The molecule has 2 fully saturated rings. The van der Waals surface area contributed by atoms with Crippen LogP contribution >= 0.6 is 0 Å². The van der Waals surface area contributed by atoms with Gasteiger partial charge in [0.1, 0.15) is 11.9 Å². The molecule has 7 rings (SSSR count). The number of aromatic nitrogens is 2. The molecule has 2 aromatic heterocycles. The number of hydrogen-bond acceptors (Lipinski definition) is 8. The Hall–Kier alpha value is -4.71. The lowest BCUT2D eigenvalue weighted by Crippen LogP contribution is -2.52. The monoisotopic (exact) mass is 658 g/mol. The number of piperazine rings is 1. The summed E-state index contributed by atoms with van der Waals surface area (Å²) in [7, 11) is 0. The molecule has 4 aromatic rings. The van der Waals surface area contributed by atoms with Gasteiger partial charge in [0.2, 0.25) is 17.5 Å². The molecule has 250 valence electrons. The number of oxazole rings is 1. The van der Waals surface area contributed by atoms with Gasteiger partial charge in [0.05, 0.1) is 0 Å². The van der Waals surface area contributed by atoms with E-state index in [2.05, 4.69) is 38.4 Å². The summed E-state index contributed by atoms with van der Waals surface area (Å²) in [5.74, 6) is -0.535. The van der Waals surface area contributed by atoms with Crippen LogP contribution < -0.4 is 15.1 Å². The first kappa shape index (κ1) is 31.9. The maximum atomic E-state index is 14.0. The van der Waals surface area contributed by atoms with Crippen LogP contribution in [0.1, 0.15) is 63.3 Å². The molecule has 0 radical (unpaired) electrons. The molecule has 2 aromatic carbocycles. The van der Waals surface area contributed by atoms with E-state index in [9.17, 15) is 22.8 Å². The number of ketones is 1. The van der Waals surface area contributed by atoms with E-state index >= 15 is 0 Å². The van der Waals surface area contributed by atoms with E-state index in [1.54, 1.807) is 17.0 Å². The minimum Gasteiger partial charge on any atom is -0.420 e. The average Bonchev–Trinajstić information content (AvgIpc) is 3.59. The number of carbonyl (C=O) groups excluding carboxylic acids is 2. The van der Waals surface area contributed by atoms with E-state index in [0.29, 0.717) is 56.6 Å². The van der Waals surface area contributed by atoms with Gasteiger partial charge in [0.25, 0.3) is 6.01 Å². The number of piperidine rings is 1. The van der Waals surface area contributed by atoms with Crippen LogP contribution in [0.2, 0.25) is 0 Å². The number of nitrogens with zero attached hydrogens (tertiary/aromatic N) is 5. The lowest BCUT2D eigenvalue weighted by molar-refractivity contribution is -0.141. The number of rotatable bonds is 7. The van der Waals surface area contributed by atoms with Crippen LogP contribution in [0.4, 0.5) is 25.0 Å². The van der Waals surface area contributed by atoms with Crippen LogP contribution in [0.25, 0.3) is 0 Å². The molecule has 2 saturated heterocycles. The number of hydrogen-bond donors (Lipinski definition) is 1. The first-order valence-corrected chi connectivity index (χ1v) is 16.5. The Bertz CT molecular complexity index is 1740. The van der Waals surface area contributed by atoms with Gasteiger partial charge in [0.15, 0.2) is 5.69 Å². The predicted molar refractivity (Wildman–Crippen MR) is 174 cm³/mol. The third kappa shape index (κ3) is 6.66. The van der Waals surface area contributed by atoms with Gasteiger partial charge in [0, 0.05) is 58.4 Å². The van der Waals surface area contributed by atoms with Gasteiger partial charge in [-0.2, -0.15) is 18.2 Å². The SMILES string of the molecule is O=C(Cc1ccc(N2CCN(C(=O)C3NCCc4ccccc43)CC2)nc1)c1oc(N2CCC(c3ccccc3)CC2)nc1C(F)(F)F. The highest BCUT2D eigenvalue weighted by Gasteiger charge is 2.42. The van der Waals surface area contributed by atoms with Crippen LogP contribution in [0.5, 0.6) is 0 Å². The minimum atomic E-state index is -4.84. The lowest BCUT2D eigenvalue weighted by Gasteiger charge is -2.38. The van der Waals surface area contributed by atoms with Gasteiger partial charge < -0.3 is 24.4 Å². The van der Waals surface area contributed by atoms with Crippen molar-refractivity contribution in [2.75, 3.05) is 55.6 Å². The van der Waals surface area contributed by atoms with Crippen LogP contribution in [-0.4, -0.2) is 72.4 Å². The fraction of sp³-hybridized carbons (Fsp3) is 0.389. The minimum absolute atomic E-state index is 0.0640. The zero-order chi connectivity index (χ0) is 33.3. The topological polar surface area (TPSA) is 94.8 Å². The Morgan fingerprint density at radius 2 is 1.60 bits per heavy atom. The summed E-state index contributed by atoms with van der Waals surface area (Å²) in [5, 5.41) is 3.37. The van der Waals surface area contributed by atoms with E-state index in [0.717, 1.165) is 31.4 Å². The maximum Gasteiger partial charge on any atom is 0.437 e. The molecule has 0 saturated carbocycles. The van der Waals surface area contributed by atoms with Gasteiger partial charge >= 0.3 is 6.18 Å². The van der Waals surface area contributed by atoms with E-state index in [1.807, 2.05) is 41.3 Å². The zero-order valence-corrected chi connectivity index (χ0v) is 26.5. The Balaban J connectivity index is 0.963. The Morgan fingerprint density at radius 1 is 0.875 bits per heavy atom. The predicted octanol–water partition coefficient (Wildman–Crippen LogP) is 5.43. The lowest BCUT2D eigenvalue weighted by atomic mass is 9.90. The largest absolute Gasteiger partial charge is 0.437 e. The zero-order valence-electron chi connectivity index (χ0n) is 26.5. The molecule has 1 unspecified atom stereocenters. The van der Waals surface area contributed by atoms with Crippen molar-refractivity contribution in [2.24, 2.45) is 0 Å². The van der Waals surface area contributed by atoms with Gasteiger partial charge in [-0.05, 0) is 53.5 Å². The molecular weight excluding hydrogens is 621 g/mol. The number of halogens is 3. The molecule has 3 aliphatic rings. The summed E-state index contributed by atoms with van der Waals surface area (Å²) >= 11 is 0. The number of alkyl halides is 3. The molecule has 0 spiro atoms. The fourth-order valence-corrected chi connectivity index (χ4v) is 6.99. The molecule has 0 bridgehead atoms. The van der Waals surface area contributed by atoms with Crippen LogP contribution in [0.3, 0.4) is 0 Å². The molecule has 48 heavy (non-hydrogen) atoms. The summed E-state index contributed by atoms with van der Waals surface area (Å²) in [6.45, 7) is 3.97. The highest BCUT2D eigenvalue weighted by molar-refractivity contribution is 5.96. The third-order valence-corrected chi connectivity index (χ3v) is 9.62. The quantitative estimate of drug-likeness (QED) is 0.263. The second-order valence-electron chi connectivity index (χ2n) is 12.6. The van der Waals surface area contributed by atoms with Crippen molar-refractivity contribution in [1.29, 1.82) is 0 Å². The number of Topliss-reactive ketones (excluding diaryl/α,β-unsaturated/α-hetero) is 1. The van der Waals surface area contributed by atoms with Crippen molar-refractivity contribution in [1.82, 2.24) is 20.2 Å². The second kappa shape index (κ2) is 13.4. The highest BCUT2D eigenvalue weighted by Crippen LogP contribution is 2.37. The fourth-order valence-electron chi connectivity index (χ4n) is 6.99. The third-order valence-electron chi connectivity index (χ3n) is 9.62. The summed E-state index contributed by atoms with van der Waals surface area (Å²) in [5.41, 5.74) is 2.61. The standard InChI is InChI=1S/C36H37F3N6O3/c37-36(38,39)33-32(48-35(42-33)45-16-13-26(14-17-45)25-6-2-1-3-7-25)29(46)22-24-10-11-30(41-23-24)43-18-20-44(21-19-43)34(47)31-28-9-5-4-8-27(28)12-15-40-31/h1-11,23,26,31,40H,12-22H2. The first-order valence-electron chi connectivity index (χ1n) is 16.5. The number of fused-ring (bicyclic) bond motifs is 1. The van der Waals surface area contributed by atoms with Crippen molar-refractivity contribution < 1.29 is 27.2 Å². The van der Waals surface area contributed by atoms with Crippen molar-refractivity contribution in [3.05, 3.63) is 107 Å². The number of carbonyl (C=O) groups is 2. The van der Waals surface area contributed by atoms with E-state index in [1.165, 1.54) is 17.3 Å². The molecule has 0 aliphatic carbocycles. The molecule has 1 atom stereocenters. The summed E-state index contributed by atoms with van der Waals surface area (Å²) < 4.78 is 47.5. The molecule has 12 heteroatoms. The van der Waals surface area contributed by atoms with Crippen molar-refractivity contribution >= 4 is 23.5 Å². The van der Waals surface area contributed by atoms with Crippen molar-refractivity contribution in [3.8, 4) is 0 Å². The molecular formula is C36H37F3N6O3. The molecule has 1 N–H and O–H groups in total. The Kier molecular flexibility index (Phi) is 8.91. The molecule has 9 nitrogen and oxygen atoms in total. The molecule has 3 aliphatic heterocycles. The second-order valence-corrected chi connectivity index (χ2v) is 12.6. The average molecular weight is 659 g/mol. The highest BCUT2D eigenvalue weighted by atomic mass is 19.4. The number of anilines is 2. The maximum absolute atomic E-state index is 14.0. The van der Waals surface area contributed by atoms with E-state index in [-0.39, 0.29) is 24.4 Å². The van der Waals surface area contributed by atoms with Crippen LogP contribution in [0, 0.1) is 0 Å². The molecule has 1 amide bonds. The first-order chi connectivity index (χ1) is 23.2.